The average molecular weight is 965 g/mol. The van der Waals surface area contributed by atoms with Gasteiger partial charge in [-0.1, -0.05) is 214 Å². The zero-order chi connectivity index (χ0) is 49.9. The number of anilines is 3. The maximum Gasteiger partial charge on any atom is 0.0715 e. The van der Waals surface area contributed by atoms with Gasteiger partial charge in [0.05, 0.1) is 25.2 Å². The van der Waals surface area contributed by atoms with Crippen LogP contribution >= 0.6 is 0 Å². The molecule has 1 unspecified atom stereocenters. The Kier molecular flexibility index (Phi) is 10.0. The van der Waals surface area contributed by atoms with Crippen molar-refractivity contribution in [2.45, 2.75) is 44.7 Å². The number of benzene rings is 11. The van der Waals surface area contributed by atoms with Gasteiger partial charge in [-0.2, -0.15) is 0 Å². The molecule has 0 N–H and O–H groups in total. The molecular weight excluding hydrogens is 909 g/mol. The first-order chi connectivity index (χ1) is 36.2. The fourth-order valence-electron chi connectivity index (χ4n) is 13.5. The molecule has 0 spiro atoms. The van der Waals surface area contributed by atoms with Gasteiger partial charge in [0.15, 0.2) is 0 Å². The van der Waals surface area contributed by atoms with Crippen LogP contribution in [0.3, 0.4) is 0 Å². The summed E-state index contributed by atoms with van der Waals surface area (Å²) in [5.41, 5.74) is 23.4. The van der Waals surface area contributed by atoms with Crippen LogP contribution in [-0.2, 0) is 10.8 Å². The number of aryl methyl sites for hydroxylation is 1. The molecule has 12 aromatic rings. The molecule has 3 heteroatoms. The maximum atomic E-state index is 2.59. The number of nitrogens with zero attached hydrogens (tertiary/aromatic N) is 2. The van der Waals surface area contributed by atoms with Crippen LogP contribution in [0.4, 0.5) is 17.1 Å². The zero-order valence-corrected chi connectivity index (χ0v) is 43.7. The number of para-hydroxylation sites is 2. The third kappa shape index (κ3) is 6.36. The van der Waals surface area contributed by atoms with Gasteiger partial charge in [0.2, 0.25) is 0 Å². The molecular formula is C71H56N2Si. The van der Waals surface area contributed by atoms with Crippen LogP contribution in [0.25, 0.3) is 71.6 Å². The topological polar surface area (TPSA) is 8.17 Å². The Morgan fingerprint density at radius 2 is 0.932 bits per heavy atom. The predicted octanol–water partition coefficient (Wildman–Crippen LogP) is 17.7. The summed E-state index contributed by atoms with van der Waals surface area (Å²) in [6.45, 7) is 12.1. The Labute approximate surface area is 436 Å². The molecule has 354 valence electrons. The quantitative estimate of drug-likeness (QED) is 0.138. The number of aromatic nitrogens is 1. The van der Waals surface area contributed by atoms with Gasteiger partial charge in [0.25, 0.3) is 0 Å². The summed E-state index contributed by atoms with van der Waals surface area (Å²) in [5, 5.41) is 6.55. The molecule has 74 heavy (non-hydrogen) atoms. The largest absolute Gasteiger partial charge is 0.310 e. The van der Waals surface area contributed by atoms with Crippen LogP contribution in [0.15, 0.2) is 243 Å². The van der Waals surface area contributed by atoms with Crippen LogP contribution in [0.2, 0.25) is 13.1 Å². The second kappa shape index (κ2) is 16.8. The lowest BCUT2D eigenvalue weighted by Crippen LogP contribution is -2.42. The van der Waals surface area contributed by atoms with Crippen molar-refractivity contribution in [3.05, 3.63) is 282 Å². The highest BCUT2D eigenvalue weighted by Crippen LogP contribution is 2.57. The van der Waals surface area contributed by atoms with Crippen LogP contribution in [0, 0.1) is 6.92 Å². The van der Waals surface area contributed by atoms with Crippen LogP contribution in [0.5, 0.6) is 0 Å². The summed E-state index contributed by atoms with van der Waals surface area (Å²) in [5.74, 6) is 0. The molecule has 2 aliphatic rings. The van der Waals surface area contributed by atoms with E-state index < -0.39 is 14.2 Å². The van der Waals surface area contributed by atoms with Crippen molar-refractivity contribution in [3.8, 4) is 39.1 Å². The van der Waals surface area contributed by atoms with Gasteiger partial charge in [-0.3, -0.25) is 0 Å². The smallest absolute Gasteiger partial charge is 0.0715 e. The summed E-state index contributed by atoms with van der Waals surface area (Å²) >= 11 is 0. The minimum Gasteiger partial charge on any atom is -0.310 e. The highest BCUT2D eigenvalue weighted by atomic mass is 28.3. The molecule has 0 bridgehead atoms. The Bertz CT molecular complexity index is 4220. The molecule has 1 aromatic heterocycles. The van der Waals surface area contributed by atoms with Crippen LogP contribution < -0.4 is 10.1 Å². The molecule has 0 aliphatic heterocycles. The molecule has 2 nitrogen and oxygen atoms in total. The Hall–Kier alpha value is -8.50. The van der Waals surface area contributed by atoms with Gasteiger partial charge < -0.3 is 9.47 Å². The molecule has 14 rings (SSSR count). The minimum absolute atomic E-state index is 0.102. The van der Waals surface area contributed by atoms with Gasteiger partial charge in [0, 0.05) is 38.9 Å². The fourth-order valence-corrected chi connectivity index (χ4v) is 14.9. The second-order valence-corrected chi connectivity index (χ2v) is 24.3. The summed E-state index contributed by atoms with van der Waals surface area (Å²) in [6.07, 6.45) is 0. The van der Waals surface area contributed by atoms with E-state index in [-0.39, 0.29) is 5.41 Å². The van der Waals surface area contributed by atoms with Gasteiger partial charge in [0.1, 0.15) is 0 Å². The normalized spacial score (nSPS) is 15.1. The number of hydrogen-bond acceptors (Lipinski definition) is 1. The monoisotopic (exact) mass is 964 g/mol. The molecule has 1 atom stereocenters. The highest BCUT2D eigenvalue weighted by Gasteiger charge is 2.47. The van der Waals surface area contributed by atoms with Crippen LogP contribution in [0.1, 0.15) is 52.8 Å². The molecule has 0 radical (unpaired) electrons. The van der Waals surface area contributed by atoms with Gasteiger partial charge in [-0.25, -0.2) is 0 Å². The molecule has 0 fully saturated rings. The van der Waals surface area contributed by atoms with E-state index in [1.54, 1.807) is 0 Å². The number of rotatable bonds is 8. The number of fused-ring (bicyclic) bond motifs is 8. The molecule has 0 amide bonds. The van der Waals surface area contributed by atoms with E-state index in [0.29, 0.717) is 0 Å². The van der Waals surface area contributed by atoms with E-state index >= 15 is 0 Å². The molecule has 2 aliphatic carbocycles. The SMILES string of the molecule is Cc1ccccc1C1(c2ccc(N(c3ccc4c(c3)-c3ccccc3C4(C)C)c3ccc4c(c3)c3ccccc3n4-c3ccccc3)cc2[SiH](C)C)c2ccccc2-c2cccc3c(-c4ccccc4)ccc1c23. The third-order valence-corrected chi connectivity index (χ3v) is 18.5. The van der Waals surface area contributed by atoms with Gasteiger partial charge >= 0.3 is 0 Å². The lowest BCUT2D eigenvalue weighted by Gasteiger charge is -2.44. The van der Waals surface area contributed by atoms with Crippen molar-refractivity contribution in [3.63, 3.8) is 0 Å². The standard InChI is InChI=1S/C71H56N2Si/c1-46-21-12-16-31-60(46)71(63-33-18-14-26-53(63)57-30-20-29-56-52(38-41-65(71)69(56)57)47-22-8-6-9-23-47)64-40-36-51(45-68(64)74(4)5)72(49-35-39-62-58(43-49)54-27-13-17-32-61(54)70(62,2)3)50-37-42-67-59(44-50)55-28-15-19-34-66(55)73(67)48-24-10-7-11-25-48/h6-45,74H,1-5H3. The third-order valence-electron chi connectivity index (χ3n) is 16.8. The first-order valence-electron chi connectivity index (χ1n) is 26.3. The van der Waals surface area contributed by atoms with Crippen molar-refractivity contribution in [2.75, 3.05) is 4.90 Å². The summed E-state index contributed by atoms with van der Waals surface area (Å²) in [4.78, 5) is 2.55. The van der Waals surface area contributed by atoms with Crippen molar-refractivity contribution in [1.29, 1.82) is 0 Å². The summed E-state index contributed by atoms with van der Waals surface area (Å²) in [7, 11) is -1.63. The minimum atomic E-state index is -1.63. The fraction of sp³-hybridized carbons (Fsp3) is 0.0986. The van der Waals surface area contributed by atoms with E-state index in [2.05, 4.69) is 286 Å². The maximum absolute atomic E-state index is 2.59. The van der Waals surface area contributed by atoms with Gasteiger partial charge in [-0.15, -0.1) is 0 Å². The second-order valence-electron chi connectivity index (χ2n) is 21.4. The Balaban J connectivity index is 1.05. The number of hydrogen-bond donors (Lipinski definition) is 0. The van der Waals surface area contributed by atoms with Crippen LogP contribution in [-0.4, -0.2) is 13.4 Å². The average Bonchev–Trinajstić information content (AvgIpc) is 3.96. The van der Waals surface area contributed by atoms with E-state index in [1.807, 2.05) is 0 Å². The first-order valence-corrected chi connectivity index (χ1v) is 29.2. The lowest BCUT2D eigenvalue weighted by molar-refractivity contribution is 0.660. The molecule has 1 heterocycles. The highest BCUT2D eigenvalue weighted by molar-refractivity contribution is 6.71. The Morgan fingerprint density at radius 1 is 0.378 bits per heavy atom. The molecule has 0 saturated heterocycles. The zero-order valence-electron chi connectivity index (χ0n) is 42.6. The first kappa shape index (κ1) is 44.2. The Morgan fingerprint density at radius 3 is 1.70 bits per heavy atom. The van der Waals surface area contributed by atoms with Gasteiger partial charge in [-0.05, 0) is 151 Å². The molecule has 11 aromatic carbocycles. The van der Waals surface area contributed by atoms with Crippen molar-refractivity contribution in [2.24, 2.45) is 0 Å². The van der Waals surface area contributed by atoms with E-state index in [9.17, 15) is 0 Å². The van der Waals surface area contributed by atoms with E-state index in [0.717, 1.165) is 22.7 Å². The van der Waals surface area contributed by atoms with E-state index in [4.69, 9.17) is 0 Å². The predicted molar refractivity (Wildman–Crippen MR) is 317 cm³/mol. The summed E-state index contributed by atoms with van der Waals surface area (Å²) in [6, 6.07) is 91.9. The molecule has 0 saturated carbocycles. The van der Waals surface area contributed by atoms with Crippen molar-refractivity contribution >= 4 is 63.6 Å². The summed E-state index contributed by atoms with van der Waals surface area (Å²) < 4.78 is 2.42. The lowest BCUT2D eigenvalue weighted by atomic mass is 9.58. The van der Waals surface area contributed by atoms with E-state index in [1.165, 1.54) is 110 Å². The van der Waals surface area contributed by atoms with Crippen molar-refractivity contribution in [1.82, 2.24) is 4.57 Å². The van der Waals surface area contributed by atoms with Crippen molar-refractivity contribution < 1.29 is 0 Å².